The smallest absolute Gasteiger partial charge is 0.338 e. The lowest BCUT2D eigenvalue weighted by Crippen LogP contribution is -2.17. The topological polar surface area (TPSA) is 38.3 Å². The van der Waals surface area contributed by atoms with E-state index in [1.165, 1.54) is 12.8 Å². The van der Waals surface area contributed by atoms with Crippen LogP contribution in [0.15, 0.2) is 30.3 Å². The molecule has 1 unspecified atom stereocenters. The maximum Gasteiger partial charge on any atom is 0.338 e. The molecule has 0 aliphatic carbocycles. The largest absolute Gasteiger partial charge is 0.459 e. The van der Waals surface area contributed by atoms with Crippen LogP contribution in [0.25, 0.3) is 0 Å². The second-order valence-electron chi connectivity index (χ2n) is 4.80. The van der Waals surface area contributed by atoms with Gasteiger partial charge in [-0.3, -0.25) is 0 Å². The van der Waals surface area contributed by atoms with E-state index < -0.39 is 0 Å². The van der Waals surface area contributed by atoms with Gasteiger partial charge in [0.05, 0.1) is 5.56 Å². The number of ether oxygens (including phenoxy) is 1. The molecule has 1 aromatic carbocycles. The van der Waals surface area contributed by atoms with Gasteiger partial charge < -0.3 is 10.1 Å². The molecule has 0 aliphatic rings. The Kier molecular flexibility index (Phi) is 11.8. The molecule has 0 heterocycles. The Bertz CT molecular complexity index is 338. The zero-order chi connectivity index (χ0) is 15.2. The number of hydrogen-bond donors (Lipinski definition) is 1. The van der Waals surface area contributed by atoms with Gasteiger partial charge in [-0.05, 0) is 45.5 Å². The van der Waals surface area contributed by atoms with Crippen molar-refractivity contribution in [2.75, 3.05) is 14.1 Å². The molecule has 1 atom stereocenters. The molecule has 1 rings (SSSR count). The van der Waals surface area contributed by atoms with Crippen molar-refractivity contribution < 1.29 is 9.53 Å². The lowest BCUT2D eigenvalue weighted by atomic mass is 10.1. The number of nitrogens with one attached hydrogen (secondary N) is 1. The number of esters is 1. The standard InChI is InChI=1S/C15H22O2.C2H7N/c1-3-5-7-12-14(4-2)17-15(16)13-10-8-6-9-11-13;1-3-2/h6,8-11,14H,3-5,7,12H2,1-2H3;3H,1-2H3. The number of carbonyl (C=O) groups excluding carboxylic acids is 1. The minimum Gasteiger partial charge on any atom is -0.459 e. The van der Waals surface area contributed by atoms with E-state index in [9.17, 15) is 4.79 Å². The molecule has 3 nitrogen and oxygen atoms in total. The summed E-state index contributed by atoms with van der Waals surface area (Å²) in [5.74, 6) is -0.200. The van der Waals surface area contributed by atoms with Crippen molar-refractivity contribution in [2.45, 2.75) is 52.1 Å². The highest BCUT2D eigenvalue weighted by Gasteiger charge is 2.13. The summed E-state index contributed by atoms with van der Waals surface area (Å²) in [6, 6.07) is 9.20. The Labute approximate surface area is 123 Å². The minimum atomic E-state index is -0.200. The fourth-order valence-electron chi connectivity index (χ4n) is 1.76. The fraction of sp³-hybridized carbons (Fsp3) is 0.588. The van der Waals surface area contributed by atoms with Crippen LogP contribution in [0.5, 0.6) is 0 Å². The predicted octanol–water partition coefficient (Wildman–Crippen LogP) is 4.04. The quantitative estimate of drug-likeness (QED) is 0.605. The van der Waals surface area contributed by atoms with Crippen LogP contribution in [0, 0.1) is 0 Å². The van der Waals surface area contributed by atoms with Crippen LogP contribution in [-0.2, 0) is 4.74 Å². The molecule has 114 valence electrons. The molecule has 0 bridgehead atoms. The summed E-state index contributed by atoms with van der Waals surface area (Å²) in [6.45, 7) is 4.24. The number of benzene rings is 1. The van der Waals surface area contributed by atoms with Gasteiger partial charge in [-0.25, -0.2) is 4.79 Å². The molecule has 0 amide bonds. The first-order chi connectivity index (χ1) is 9.69. The van der Waals surface area contributed by atoms with Crippen LogP contribution in [0.2, 0.25) is 0 Å². The molecule has 3 heteroatoms. The predicted molar refractivity (Wildman–Crippen MR) is 85.1 cm³/mol. The molecule has 20 heavy (non-hydrogen) atoms. The van der Waals surface area contributed by atoms with Crippen molar-refractivity contribution in [3.05, 3.63) is 35.9 Å². The number of hydrogen-bond acceptors (Lipinski definition) is 3. The summed E-state index contributed by atoms with van der Waals surface area (Å²) in [6.07, 6.45) is 5.47. The van der Waals surface area contributed by atoms with Gasteiger partial charge >= 0.3 is 5.97 Å². The van der Waals surface area contributed by atoms with Gasteiger partial charge in [0.25, 0.3) is 0 Å². The lowest BCUT2D eigenvalue weighted by molar-refractivity contribution is 0.0267. The van der Waals surface area contributed by atoms with E-state index in [0.29, 0.717) is 5.56 Å². The van der Waals surface area contributed by atoms with Gasteiger partial charge in [0.1, 0.15) is 6.10 Å². The van der Waals surface area contributed by atoms with Crippen molar-refractivity contribution >= 4 is 5.97 Å². The third-order valence-electron chi connectivity index (χ3n) is 2.87. The summed E-state index contributed by atoms with van der Waals surface area (Å²) in [7, 11) is 3.75. The van der Waals surface area contributed by atoms with Crippen LogP contribution in [0.1, 0.15) is 56.3 Å². The third-order valence-corrected chi connectivity index (χ3v) is 2.87. The highest BCUT2D eigenvalue weighted by molar-refractivity contribution is 5.89. The third kappa shape index (κ3) is 8.70. The van der Waals surface area contributed by atoms with E-state index in [1.54, 1.807) is 12.1 Å². The maximum atomic E-state index is 11.8. The van der Waals surface area contributed by atoms with E-state index in [0.717, 1.165) is 19.3 Å². The second-order valence-corrected chi connectivity index (χ2v) is 4.80. The second kappa shape index (κ2) is 12.7. The SMILES string of the molecule is CCCCCC(CC)OC(=O)c1ccccc1.CNC. The first-order valence-electron chi connectivity index (χ1n) is 7.54. The van der Waals surface area contributed by atoms with Crippen molar-refractivity contribution in [3.63, 3.8) is 0 Å². The Morgan fingerprint density at radius 2 is 1.75 bits per heavy atom. The van der Waals surface area contributed by atoms with Gasteiger partial charge in [0.2, 0.25) is 0 Å². The van der Waals surface area contributed by atoms with Gasteiger partial charge in [0, 0.05) is 0 Å². The highest BCUT2D eigenvalue weighted by atomic mass is 16.5. The summed E-state index contributed by atoms with van der Waals surface area (Å²) in [4.78, 5) is 11.8. The number of unbranched alkanes of at least 4 members (excludes halogenated alkanes) is 2. The van der Waals surface area contributed by atoms with Crippen LogP contribution < -0.4 is 5.32 Å². The Hall–Kier alpha value is -1.35. The van der Waals surface area contributed by atoms with Gasteiger partial charge in [-0.2, -0.15) is 0 Å². The summed E-state index contributed by atoms with van der Waals surface area (Å²) < 4.78 is 5.49. The molecule has 1 N–H and O–H groups in total. The van der Waals surface area contributed by atoms with E-state index in [-0.39, 0.29) is 12.1 Å². The molecule has 0 radical (unpaired) electrons. The summed E-state index contributed by atoms with van der Waals surface area (Å²) >= 11 is 0. The monoisotopic (exact) mass is 279 g/mol. The van der Waals surface area contributed by atoms with Gasteiger partial charge in [-0.1, -0.05) is 44.9 Å². The molecule has 0 saturated heterocycles. The fourth-order valence-corrected chi connectivity index (χ4v) is 1.76. The molecule has 0 spiro atoms. The van der Waals surface area contributed by atoms with Crippen LogP contribution in [0.4, 0.5) is 0 Å². The first-order valence-corrected chi connectivity index (χ1v) is 7.54. The van der Waals surface area contributed by atoms with E-state index >= 15 is 0 Å². The van der Waals surface area contributed by atoms with E-state index in [2.05, 4.69) is 19.2 Å². The molecule has 0 aromatic heterocycles. The molecule has 0 saturated carbocycles. The van der Waals surface area contributed by atoms with Crippen molar-refractivity contribution in [2.24, 2.45) is 0 Å². The molecule has 0 fully saturated rings. The summed E-state index contributed by atoms with van der Waals surface area (Å²) in [5.41, 5.74) is 0.640. The van der Waals surface area contributed by atoms with Gasteiger partial charge in [0.15, 0.2) is 0 Å². The zero-order valence-corrected chi connectivity index (χ0v) is 13.3. The maximum absolute atomic E-state index is 11.8. The van der Waals surface area contributed by atoms with Crippen LogP contribution in [0.3, 0.4) is 0 Å². The Balaban J connectivity index is 0.00000110. The van der Waals surface area contributed by atoms with Crippen LogP contribution >= 0.6 is 0 Å². The highest BCUT2D eigenvalue weighted by Crippen LogP contribution is 2.12. The van der Waals surface area contributed by atoms with Crippen LogP contribution in [-0.4, -0.2) is 26.2 Å². The van der Waals surface area contributed by atoms with Gasteiger partial charge in [-0.15, -0.1) is 0 Å². The number of rotatable bonds is 7. The zero-order valence-electron chi connectivity index (χ0n) is 13.3. The van der Waals surface area contributed by atoms with Crippen molar-refractivity contribution in [3.8, 4) is 0 Å². The normalized spacial score (nSPS) is 11.2. The minimum absolute atomic E-state index is 0.0641. The molecular weight excluding hydrogens is 250 g/mol. The number of carbonyl (C=O) groups is 1. The molecule has 1 aromatic rings. The average molecular weight is 279 g/mol. The average Bonchev–Trinajstić information content (AvgIpc) is 2.48. The molecular formula is C17H29NO2. The van der Waals surface area contributed by atoms with E-state index in [4.69, 9.17) is 4.74 Å². The molecule has 0 aliphatic heterocycles. The Morgan fingerprint density at radius 1 is 1.15 bits per heavy atom. The Morgan fingerprint density at radius 3 is 2.25 bits per heavy atom. The van der Waals surface area contributed by atoms with Crippen molar-refractivity contribution in [1.29, 1.82) is 0 Å². The van der Waals surface area contributed by atoms with E-state index in [1.807, 2.05) is 32.3 Å². The first kappa shape index (κ1) is 18.7. The lowest BCUT2D eigenvalue weighted by Gasteiger charge is -2.15. The van der Waals surface area contributed by atoms with Crippen molar-refractivity contribution in [1.82, 2.24) is 5.32 Å². The summed E-state index contributed by atoms with van der Waals surface area (Å²) in [5, 5.41) is 2.75.